The number of likely N-dealkylation sites (N-methyl/N-ethyl adjacent to an activating group) is 2. The highest BCUT2D eigenvalue weighted by atomic mass is 15.2. The van der Waals surface area contributed by atoms with Gasteiger partial charge in [-0.2, -0.15) is 0 Å². The molecule has 114 valence electrons. The summed E-state index contributed by atoms with van der Waals surface area (Å²) in [4.78, 5) is 6.71. The summed E-state index contributed by atoms with van der Waals surface area (Å²) < 4.78 is 2.07. The Morgan fingerprint density at radius 3 is 2.57 bits per heavy atom. The Balaban J connectivity index is 2.02. The van der Waals surface area contributed by atoms with Crippen LogP contribution in [-0.2, 0) is 13.6 Å². The molecular weight excluding hydrogens is 260 g/mol. The highest BCUT2D eigenvalue weighted by molar-refractivity contribution is 5.24. The third-order valence-electron chi connectivity index (χ3n) is 3.76. The number of imidazole rings is 1. The number of nitrogens with one attached hydrogen (secondary N) is 1. The molecule has 0 aliphatic carbocycles. The second kappa shape index (κ2) is 7.38. The maximum Gasteiger partial charge on any atom is 0.122 e. The molecule has 0 fully saturated rings. The van der Waals surface area contributed by atoms with Crippen LogP contribution in [0.15, 0.2) is 36.7 Å². The van der Waals surface area contributed by atoms with E-state index in [1.807, 2.05) is 19.4 Å². The molecule has 4 nitrogen and oxygen atoms in total. The molecule has 0 saturated heterocycles. The van der Waals surface area contributed by atoms with Crippen LogP contribution in [0.5, 0.6) is 0 Å². The topological polar surface area (TPSA) is 33.1 Å². The molecule has 2 aromatic rings. The monoisotopic (exact) mass is 286 g/mol. The SMILES string of the molecule is CCNC(CN(C)Cc1nccn1C)c1ccc(C)cc1. The lowest BCUT2D eigenvalue weighted by molar-refractivity contribution is 0.276. The van der Waals surface area contributed by atoms with Gasteiger partial charge in [0.25, 0.3) is 0 Å². The van der Waals surface area contributed by atoms with E-state index >= 15 is 0 Å². The standard InChI is InChI=1S/C17H26N4/c1-5-18-16(15-8-6-14(2)7-9-15)12-20(3)13-17-19-10-11-21(17)4/h6-11,16,18H,5,12-13H2,1-4H3. The van der Waals surface area contributed by atoms with Crippen LogP contribution < -0.4 is 5.32 Å². The van der Waals surface area contributed by atoms with Gasteiger partial charge in [-0.3, -0.25) is 4.90 Å². The molecule has 0 aliphatic heterocycles. The van der Waals surface area contributed by atoms with E-state index in [0.29, 0.717) is 6.04 Å². The first-order chi connectivity index (χ1) is 10.1. The van der Waals surface area contributed by atoms with Crippen LogP contribution in [0.25, 0.3) is 0 Å². The van der Waals surface area contributed by atoms with Crippen molar-refractivity contribution in [1.29, 1.82) is 0 Å². The van der Waals surface area contributed by atoms with Gasteiger partial charge in [0.05, 0.1) is 6.54 Å². The minimum Gasteiger partial charge on any atom is -0.337 e. The van der Waals surface area contributed by atoms with Crippen LogP contribution in [0.3, 0.4) is 0 Å². The van der Waals surface area contributed by atoms with E-state index < -0.39 is 0 Å². The molecule has 0 saturated carbocycles. The first-order valence-electron chi connectivity index (χ1n) is 7.55. The zero-order valence-electron chi connectivity index (χ0n) is 13.5. The predicted octanol–water partition coefficient (Wildman–Crippen LogP) is 2.51. The second-order valence-electron chi connectivity index (χ2n) is 5.67. The summed E-state index contributed by atoms with van der Waals surface area (Å²) in [5, 5.41) is 3.57. The molecule has 1 aromatic carbocycles. The van der Waals surface area contributed by atoms with Gasteiger partial charge in [0.2, 0.25) is 0 Å². The average Bonchev–Trinajstić information content (AvgIpc) is 2.84. The fourth-order valence-corrected chi connectivity index (χ4v) is 2.50. The molecular formula is C17H26N4. The molecule has 4 heteroatoms. The van der Waals surface area contributed by atoms with E-state index in [-0.39, 0.29) is 0 Å². The molecule has 1 atom stereocenters. The highest BCUT2D eigenvalue weighted by Crippen LogP contribution is 2.15. The molecule has 1 heterocycles. The van der Waals surface area contributed by atoms with E-state index in [4.69, 9.17) is 0 Å². The molecule has 1 aromatic heterocycles. The van der Waals surface area contributed by atoms with Gasteiger partial charge in [0.1, 0.15) is 5.82 Å². The number of hydrogen-bond acceptors (Lipinski definition) is 3. The maximum absolute atomic E-state index is 4.39. The third kappa shape index (κ3) is 4.41. The molecule has 21 heavy (non-hydrogen) atoms. The number of nitrogens with zero attached hydrogens (tertiary/aromatic N) is 3. The van der Waals surface area contributed by atoms with Gasteiger partial charge in [0, 0.05) is 32.0 Å². The summed E-state index contributed by atoms with van der Waals surface area (Å²) in [6.45, 7) is 7.06. The normalized spacial score (nSPS) is 12.8. The number of aromatic nitrogens is 2. The molecule has 0 spiro atoms. The van der Waals surface area contributed by atoms with Gasteiger partial charge in [-0.05, 0) is 26.1 Å². The number of hydrogen-bond donors (Lipinski definition) is 1. The Bertz CT molecular complexity index is 544. The lowest BCUT2D eigenvalue weighted by Crippen LogP contribution is -2.33. The van der Waals surface area contributed by atoms with Gasteiger partial charge in [-0.1, -0.05) is 36.8 Å². The summed E-state index contributed by atoms with van der Waals surface area (Å²) in [5.74, 6) is 1.09. The van der Waals surface area contributed by atoms with Crippen molar-refractivity contribution in [2.24, 2.45) is 7.05 Å². The fourth-order valence-electron chi connectivity index (χ4n) is 2.50. The summed E-state index contributed by atoms with van der Waals surface area (Å²) in [7, 11) is 4.19. The Morgan fingerprint density at radius 1 is 1.29 bits per heavy atom. The minimum absolute atomic E-state index is 0.348. The van der Waals surface area contributed by atoms with Crippen molar-refractivity contribution in [3.8, 4) is 0 Å². The van der Waals surface area contributed by atoms with Crippen molar-refractivity contribution in [2.75, 3.05) is 20.1 Å². The molecule has 1 unspecified atom stereocenters. The van der Waals surface area contributed by atoms with Crippen LogP contribution in [0.1, 0.15) is 29.9 Å². The molecule has 0 bridgehead atoms. The van der Waals surface area contributed by atoms with Crippen LogP contribution in [0.2, 0.25) is 0 Å². The molecule has 0 amide bonds. The molecule has 1 N–H and O–H groups in total. The average molecular weight is 286 g/mol. The van der Waals surface area contributed by atoms with Gasteiger partial charge in [-0.15, -0.1) is 0 Å². The van der Waals surface area contributed by atoms with Gasteiger partial charge < -0.3 is 9.88 Å². The summed E-state index contributed by atoms with van der Waals surface area (Å²) in [6.07, 6.45) is 3.84. The Morgan fingerprint density at radius 2 is 2.00 bits per heavy atom. The quantitative estimate of drug-likeness (QED) is 0.849. The van der Waals surface area contributed by atoms with Gasteiger partial charge in [0.15, 0.2) is 0 Å². The smallest absolute Gasteiger partial charge is 0.122 e. The van der Waals surface area contributed by atoms with E-state index in [1.165, 1.54) is 11.1 Å². The van der Waals surface area contributed by atoms with E-state index in [2.05, 4.69) is 64.9 Å². The molecule has 2 rings (SSSR count). The lowest BCUT2D eigenvalue weighted by atomic mass is 10.0. The zero-order valence-corrected chi connectivity index (χ0v) is 13.5. The van der Waals surface area contributed by atoms with Crippen molar-refractivity contribution in [3.05, 3.63) is 53.6 Å². The Labute approximate surface area is 127 Å². The Kier molecular flexibility index (Phi) is 5.53. The largest absolute Gasteiger partial charge is 0.337 e. The molecule has 0 radical (unpaired) electrons. The lowest BCUT2D eigenvalue weighted by Gasteiger charge is -2.25. The first kappa shape index (κ1) is 15.7. The van der Waals surface area contributed by atoms with Crippen LogP contribution in [-0.4, -0.2) is 34.6 Å². The Hall–Kier alpha value is -1.65. The van der Waals surface area contributed by atoms with Crippen molar-refractivity contribution >= 4 is 0 Å². The van der Waals surface area contributed by atoms with Crippen molar-refractivity contribution in [3.63, 3.8) is 0 Å². The summed E-state index contributed by atoms with van der Waals surface area (Å²) in [6, 6.07) is 9.15. The van der Waals surface area contributed by atoms with Crippen molar-refractivity contribution in [2.45, 2.75) is 26.4 Å². The van der Waals surface area contributed by atoms with Crippen molar-refractivity contribution < 1.29 is 0 Å². The van der Waals surface area contributed by atoms with Gasteiger partial charge in [-0.25, -0.2) is 4.98 Å². The third-order valence-corrected chi connectivity index (χ3v) is 3.76. The molecule has 0 aliphatic rings. The number of rotatable bonds is 7. The first-order valence-corrected chi connectivity index (χ1v) is 7.55. The van der Waals surface area contributed by atoms with Crippen LogP contribution in [0, 0.1) is 6.92 Å². The zero-order chi connectivity index (χ0) is 15.2. The van der Waals surface area contributed by atoms with E-state index in [9.17, 15) is 0 Å². The van der Waals surface area contributed by atoms with Crippen molar-refractivity contribution in [1.82, 2.24) is 19.8 Å². The van der Waals surface area contributed by atoms with Gasteiger partial charge >= 0.3 is 0 Å². The number of benzene rings is 1. The van der Waals surface area contributed by atoms with Crippen LogP contribution in [0.4, 0.5) is 0 Å². The van der Waals surface area contributed by atoms with Crippen LogP contribution >= 0.6 is 0 Å². The predicted molar refractivity (Wildman–Crippen MR) is 87.1 cm³/mol. The second-order valence-corrected chi connectivity index (χ2v) is 5.67. The van der Waals surface area contributed by atoms with E-state index in [1.54, 1.807) is 0 Å². The number of aryl methyl sites for hydroxylation is 2. The summed E-state index contributed by atoms with van der Waals surface area (Å²) >= 11 is 0. The fraction of sp³-hybridized carbons (Fsp3) is 0.471. The maximum atomic E-state index is 4.39. The minimum atomic E-state index is 0.348. The highest BCUT2D eigenvalue weighted by Gasteiger charge is 2.14. The van der Waals surface area contributed by atoms with E-state index in [0.717, 1.165) is 25.5 Å². The summed E-state index contributed by atoms with van der Waals surface area (Å²) in [5.41, 5.74) is 2.64.